The van der Waals surface area contributed by atoms with Crippen LogP contribution in [0.5, 0.6) is 0 Å². The second-order valence-electron chi connectivity index (χ2n) is 4.02. The van der Waals surface area contributed by atoms with Gasteiger partial charge < -0.3 is 4.40 Å². The molecule has 0 saturated heterocycles. The van der Waals surface area contributed by atoms with Gasteiger partial charge in [0.05, 0.1) is 5.69 Å². The van der Waals surface area contributed by atoms with Crippen LogP contribution in [0.1, 0.15) is 16.1 Å². The van der Waals surface area contributed by atoms with Crippen LogP contribution in [0, 0.1) is 0 Å². The van der Waals surface area contributed by atoms with E-state index in [0.717, 1.165) is 9.99 Å². The second kappa shape index (κ2) is 4.42. The molecule has 3 aromatic rings. The number of hydrogen-bond acceptors (Lipinski definition) is 1. The van der Waals surface area contributed by atoms with Gasteiger partial charge in [-0.05, 0) is 36.4 Å². The Morgan fingerprint density at radius 3 is 2.56 bits per heavy atom. The standard InChI is InChI=1S/C15H10BrNO/c16-13-7-2-1-6-12(13)15(18)14-9-8-11-5-3-4-10-17(11)14/h1-10H. The van der Waals surface area contributed by atoms with E-state index in [2.05, 4.69) is 15.9 Å². The first kappa shape index (κ1) is 11.2. The van der Waals surface area contributed by atoms with E-state index in [1.165, 1.54) is 0 Å². The Kier molecular flexibility index (Phi) is 2.76. The van der Waals surface area contributed by atoms with Crippen LogP contribution in [0.2, 0.25) is 0 Å². The second-order valence-corrected chi connectivity index (χ2v) is 4.88. The fourth-order valence-corrected chi connectivity index (χ4v) is 2.49. The molecule has 0 unspecified atom stereocenters. The van der Waals surface area contributed by atoms with Gasteiger partial charge in [0.25, 0.3) is 0 Å². The third-order valence-corrected chi connectivity index (χ3v) is 3.61. The van der Waals surface area contributed by atoms with Crippen LogP contribution >= 0.6 is 15.9 Å². The van der Waals surface area contributed by atoms with Gasteiger partial charge in [0, 0.05) is 21.7 Å². The van der Waals surface area contributed by atoms with Gasteiger partial charge >= 0.3 is 0 Å². The number of carbonyl (C=O) groups excluding carboxylic acids is 1. The molecule has 0 fully saturated rings. The van der Waals surface area contributed by atoms with Crippen molar-refractivity contribution in [2.75, 3.05) is 0 Å². The van der Waals surface area contributed by atoms with Crippen LogP contribution in [0.25, 0.3) is 5.52 Å². The smallest absolute Gasteiger partial charge is 0.210 e. The highest BCUT2D eigenvalue weighted by atomic mass is 79.9. The Labute approximate surface area is 113 Å². The van der Waals surface area contributed by atoms with E-state index in [1.54, 1.807) is 0 Å². The topological polar surface area (TPSA) is 21.5 Å². The molecule has 3 rings (SSSR count). The molecule has 1 aromatic carbocycles. The van der Waals surface area contributed by atoms with Crippen molar-refractivity contribution in [3.8, 4) is 0 Å². The molecule has 0 N–H and O–H groups in total. The van der Waals surface area contributed by atoms with Crippen molar-refractivity contribution in [1.29, 1.82) is 0 Å². The van der Waals surface area contributed by atoms with Gasteiger partial charge in [-0.25, -0.2) is 0 Å². The Hall–Kier alpha value is -1.87. The number of hydrogen-bond donors (Lipinski definition) is 0. The third-order valence-electron chi connectivity index (χ3n) is 2.91. The van der Waals surface area contributed by atoms with E-state index in [9.17, 15) is 4.79 Å². The maximum atomic E-state index is 12.5. The molecule has 0 spiro atoms. The molecule has 0 atom stereocenters. The Balaban J connectivity index is 2.16. The van der Waals surface area contributed by atoms with E-state index >= 15 is 0 Å². The number of halogens is 1. The summed E-state index contributed by atoms with van der Waals surface area (Å²) in [6.07, 6.45) is 1.90. The van der Waals surface area contributed by atoms with Gasteiger partial charge in [-0.15, -0.1) is 0 Å². The van der Waals surface area contributed by atoms with E-state index in [1.807, 2.05) is 65.2 Å². The van der Waals surface area contributed by atoms with Crippen molar-refractivity contribution < 1.29 is 4.79 Å². The Morgan fingerprint density at radius 1 is 0.944 bits per heavy atom. The molecule has 2 nitrogen and oxygen atoms in total. The lowest BCUT2D eigenvalue weighted by Crippen LogP contribution is -2.05. The molecule has 0 aliphatic rings. The summed E-state index contributed by atoms with van der Waals surface area (Å²) in [6.45, 7) is 0. The third kappa shape index (κ3) is 1.77. The number of aromatic nitrogens is 1. The zero-order valence-electron chi connectivity index (χ0n) is 9.51. The molecular formula is C15H10BrNO. The average Bonchev–Trinajstić information content (AvgIpc) is 2.82. The first-order valence-corrected chi connectivity index (χ1v) is 6.42. The van der Waals surface area contributed by atoms with Crippen molar-refractivity contribution in [1.82, 2.24) is 4.40 Å². The minimum absolute atomic E-state index is 0.0219. The van der Waals surface area contributed by atoms with Crippen molar-refractivity contribution in [3.05, 3.63) is 76.5 Å². The number of nitrogens with zero attached hydrogens (tertiary/aromatic N) is 1. The monoisotopic (exact) mass is 299 g/mol. The van der Waals surface area contributed by atoms with Crippen LogP contribution in [0.4, 0.5) is 0 Å². The molecule has 2 aromatic heterocycles. The fourth-order valence-electron chi connectivity index (χ4n) is 2.02. The lowest BCUT2D eigenvalue weighted by atomic mass is 10.1. The van der Waals surface area contributed by atoms with Crippen molar-refractivity contribution in [2.45, 2.75) is 0 Å². The summed E-state index contributed by atoms with van der Waals surface area (Å²) in [6, 6.07) is 17.1. The maximum absolute atomic E-state index is 12.5. The predicted molar refractivity (Wildman–Crippen MR) is 75.0 cm³/mol. The highest BCUT2D eigenvalue weighted by Gasteiger charge is 2.15. The van der Waals surface area contributed by atoms with Crippen LogP contribution in [-0.2, 0) is 0 Å². The summed E-state index contributed by atoms with van der Waals surface area (Å²) in [5.41, 5.74) is 2.38. The molecule has 0 aliphatic heterocycles. The number of ketones is 1. The lowest BCUT2D eigenvalue weighted by Gasteiger charge is -2.04. The molecule has 3 heteroatoms. The SMILES string of the molecule is O=C(c1ccccc1Br)c1ccc2ccccn12. The Morgan fingerprint density at radius 2 is 1.72 bits per heavy atom. The van der Waals surface area contributed by atoms with Gasteiger partial charge in [-0.3, -0.25) is 4.79 Å². The largest absolute Gasteiger partial charge is 0.314 e. The zero-order chi connectivity index (χ0) is 12.5. The molecule has 0 aliphatic carbocycles. The van der Waals surface area contributed by atoms with Crippen LogP contribution < -0.4 is 0 Å². The molecule has 18 heavy (non-hydrogen) atoms. The number of pyridine rings is 1. The molecular weight excluding hydrogens is 290 g/mol. The highest BCUT2D eigenvalue weighted by molar-refractivity contribution is 9.10. The molecule has 0 amide bonds. The van der Waals surface area contributed by atoms with Gasteiger partial charge in [0.1, 0.15) is 0 Å². The number of rotatable bonds is 2. The summed E-state index contributed by atoms with van der Waals surface area (Å²) >= 11 is 3.42. The van der Waals surface area contributed by atoms with E-state index in [0.29, 0.717) is 11.3 Å². The van der Waals surface area contributed by atoms with Crippen molar-refractivity contribution in [3.63, 3.8) is 0 Å². The van der Waals surface area contributed by atoms with Crippen LogP contribution in [0.3, 0.4) is 0 Å². The summed E-state index contributed by atoms with van der Waals surface area (Å²) in [4.78, 5) is 12.5. The first-order valence-electron chi connectivity index (χ1n) is 5.63. The highest BCUT2D eigenvalue weighted by Crippen LogP contribution is 2.21. The number of fused-ring (bicyclic) bond motifs is 1. The molecule has 0 saturated carbocycles. The minimum Gasteiger partial charge on any atom is -0.314 e. The number of carbonyl (C=O) groups is 1. The van der Waals surface area contributed by atoms with Crippen molar-refractivity contribution >= 4 is 27.2 Å². The summed E-state index contributed by atoms with van der Waals surface area (Å²) in [7, 11) is 0. The molecule has 0 bridgehead atoms. The number of benzene rings is 1. The lowest BCUT2D eigenvalue weighted by molar-refractivity contribution is 0.103. The van der Waals surface area contributed by atoms with E-state index in [4.69, 9.17) is 0 Å². The maximum Gasteiger partial charge on any atom is 0.210 e. The van der Waals surface area contributed by atoms with Gasteiger partial charge in [0.15, 0.2) is 0 Å². The van der Waals surface area contributed by atoms with E-state index in [-0.39, 0.29) is 5.78 Å². The summed E-state index contributed by atoms with van der Waals surface area (Å²) in [5.74, 6) is 0.0219. The van der Waals surface area contributed by atoms with Crippen LogP contribution in [-0.4, -0.2) is 10.2 Å². The van der Waals surface area contributed by atoms with Gasteiger partial charge in [0.2, 0.25) is 5.78 Å². The first-order chi connectivity index (χ1) is 8.77. The van der Waals surface area contributed by atoms with E-state index < -0.39 is 0 Å². The minimum atomic E-state index is 0.0219. The van der Waals surface area contributed by atoms with Crippen LogP contribution in [0.15, 0.2) is 65.3 Å². The van der Waals surface area contributed by atoms with Gasteiger partial charge in [-0.2, -0.15) is 0 Å². The Bertz CT molecular complexity index is 730. The zero-order valence-corrected chi connectivity index (χ0v) is 11.1. The summed E-state index contributed by atoms with van der Waals surface area (Å²) < 4.78 is 2.72. The molecule has 0 radical (unpaired) electrons. The normalized spacial score (nSPS) is 10.7. The molecule has 2 heterocycles. The van der Waals surface area contributed by atoms with Crippen molar-refractivity contribution in [2.24, 2.45) is 0 Å². The van der Waals surface area contributed by atoms with Gasteiger partial charge in [-0.1, -0.05) is 34.1 Å². The summed E-state index contributed by atoms with van der Waals surface area (Å²) in [5, 5.41) is 0. The predicted octanol–water partition coefficient (Wildman–Crippen LogP) is 3.93. The fraction of sp³-hybridized carbons (Fsp3) is 0. The quantitative estimate of drug-likeness (QED) is 0.657. The molecule has 88 valence electrons. The average molecular weight is 300 g/mol.